The molecule has 0 amide bonds. The zero-order valence-corrected chi connectivity index (χ0v) is 9.79. The molecule has 0 unspecified atom stereocenters. The van der Waals surface area contributed by atoms with E-state index in [9.17, 15) is 0 Å². The SMILES string of the molecule is CC(C)(N)c1cncn1Cc1cccs1. The number of nitrogens with two attached hydrogens (primary N) is 1. The average Bonchev–Trinajstić information content (AvgIpc) is 2.73. The van der Waals surface area contributed by atoms with Crippen LogP contribution in [0.1, 0.15) is 24.4 Å². The van der Waals surface area contributed by atoms with Crippen molar-refractivity contribution < 1.29 is 0 Å². The quantitative estimate of drug-likeness (QED) is 0.863. The molecule has 4 heteroatoms. The van der Waals surface area contributed by atoms with Crippen LogP contribution in [0.5, 0.6) is 0 Å². The molecule has 0 saturated carbocycles. The van der Waals surface area contributed by atoms with Gasteiger partial charge in [-0.1, -0.05) is 6.07 Å². The van der Waals surface area contributed by atoms with Crippen LogP contribution >= 0.6 is 11.3 Å². The van der Waals surface area contributed by atoms with Crippen molar-refractivity contribution in [1.29, 1.82) is 0 Å². The number of hydrogen-bond donors (Lipinski definition) is 1. The lowest BCUT2D eigenvalue weighted by Gasteiger charge is -2.20. The Hall–Kier alpha value is -1.13. The van der Waals surface area contributed by atoms with Gasteiger partial charge in [0.25, 0.3) is 0 Å². The highest BCUT2D eigenvalue weighted by Gasteiger charge is 2.18. The van der Waals surface area contributed by atoms with Gasteiger partial charge in [-0.15, -0.1) is 11.3 Å². The van der Waals surface area contributed by atoms with E-state index in [-0.39, 0.29) is 5.54 Å². The van der Waals surface area contributed by atoms with Crippen LogP contribution in [0.25, 0.3) is 0 Å². The molecule has 0 aliphatic carbocycles. The Morgan fingerprint density at radius 1 is 1.53 bits per heavy atom. The molecule has 15 heavy (non-hydrogen) atoms. The smallest absolute Gasteiger partial charge is 0.0952 e. The third kappa shape index (κ3) is 2.27. The number of nitrogens with zero attached hydrogens (tertiary/aromatic N) is 2. The highest BCUT2D eigenvalue weighted by atomic mass is 32.1. The minimum Gasteiger partial charge on any atom is -0.328 e. The summed E-state index contributed by atoms with van der Waals surface area (Å²) >= 11 is 1.75. The molecule has 0 aromatic carbocycles. The molecule has 0 atom stereocenters. The molecule has 2 rings (SSSR count). The first-order chi connectivity index (χ1) is 7.07. The van der Waals surface area contributed by atoms with Gasteiger partial charge in [0, 0.05) is 11.1 Å². The maximum Gasteiger partial charge on any atom is 0.0952 e. The standard InChI is InChI=1S/C11H15N3S/c1-11(2,12)10-6-13-8-14(10)7-9-4-3-5-15-9/h3-6,8H,7,12H2,1-2H3. The van der Waals surface area contributed by atoms with E-state index >= 15 is 0 Å². The fourth-order valence-electron chi connectivity index (χ4n) is 1.55. The molecule has 0 saturated heterocycles. The molecule has 0 aliphatic rings. The largest absolute Gasteiger partial charge is 0.328 e. The minimum atomic E-state index is -0.340. The van der Waals surface area contributed by atoms with E-state index in [2.05, 4.69) is 27.1 Å². The van der Waals surface area contributed by atoms with Gasteiger partial charge >= 0.3 is 0 Å². The Morgan fingerprint density at radius 2 is 2.33 bits per heavy atom. The lowest BCUT2D eigenvalue weighted by molar-refractivity contribution is 0.504. The second-order valence-electron chi connectivity index (χ2n) is 4.21. The Balaban J connectivity index is 2.26. The predicted octanol–water partition coefficient (Wildman–Crippen LogP) is 2.19. The van der Waals surface area contributed by atoms with E-state index in [1.165, 1.54) is 4.88 Å². The number of hydrogen-bond acceptors (Lipinski definition) is 3. The number of rotatable bonds is 3. The van der Waals surface area contributed by atoms with Crippen molar-refractivity contribution in [3.63, 3.8) is 0 Å². The normalized spacial score (nSPS) is 11.9. The summed E-state index contributed by atoms with van der Waals surface area (Å²) in [6.07, 6.45) is 3.68. The Bertz CT molecular complexity index is 423. The van der Waals surface area contributed by atoms with Crippen molar-refractivity contribution in [3.05, 3.63) is 40.6 Å². The first-order valence-corrected chi connectivity index (χ1v) is 5.77. The lowest BCUT2D eigenvalue weighted by atomic mass is 10.0. The summed E-state index contributed by atoms with van der Waals surface area (Å²) in [7, 11) is 0. The van der Waals surface area contributed by atoms with Gasteiger partial charge in [-0.3, -0.25) is 0 Å². The first kappa shape index (κ1) is 10.4. The van der Waals surface area contributed by atoms with Gasteiger partial charge in [0.2, 0.25) is 0 Å². The van der Waals surface area contributed by atoms with Crippen molar-refractivity contribution in [2.24, 2.45) is 5.73 Å². The third-order valence-corrected chi connectivity index (χ3v) is 3.14. The molecule has 2 aromatic rings. The number of aromatic nitrogens is 2. The number of imidazole rings is 1. The van der Waals surface area contributed by atoms with Gasteiger partial charge in [0.05, 0.1) is 24.1 Å². The van der Waals surface area contributed by atoms with Crippen LogP contribution in [-0.2, 0) is 12.1 Å². The summed E-state index contributed by atoms with van der Waals surface area (Å²) in [5, 5.41) is 2.08. The lowest BCUT2D eigenvalue weighted by Crippen LogP contribution is -2.31. The van der Waals surface area contributed by atoms with Crippen LogP contribution in [0.4, 0.5) is 0 Å². The Morgan fingerprint density at radius 3 is 2.93 bits per heavy atom. The van der Waals surface area contributed by atoms with Crippen LogP contribution in [0, 0.1) is 0 Å². The summed E-state index contributed by atoms with van der Waals surface area (Å²) in [6.45, 7) is 4.84. The second-order valence-corrected chi connectivity index (χ2v) is 5.24. The van der Waals surface area contributed by atoms with E-state index in [4.69, 9.17) is 5.73 Å². The van der Waals surface area contributed by atoms with Gasteiger partial charge in [-0.05, 0) is 25.3 Å². The molecule has 2 aromatic heterocycles. The fraction of sp³-hybridized carbons (Fsp3) is 0.364. The highest BCUT2D eigenvalue weighted by Crippen LogP contribution is 2.18. The van der Waals surface area contributed by atoms with Gasteiger partial charge in [-0.25, -0.2) is 4.98 Å². The van der Waals surface area contributed by atoms with E-state index in [1.54, 1.807) is 11.3 Å². The molecule has 0 radical (unpaired) electrons. The monoisotopic (exact) mass is 221 g/mol. The summed E-state index contributed by atoms with van der Waals surface area (Å²) in [4.78, 5) is 5.47. The fourth-order valence-corrected chi connectivity index (χ4v) is 2.26. The van der Waals surface area contributed by atoms with Crippen molar-refractivity contribution in [2.45, 2.75) is 25.9 Å². The summed E-state index contributed by atoms with van der Waals surface area (Å²) < 4.78 is 2.10. The van der Waals surface area contributed by atoms with Crippen molar-refractivity contribution in [2.75, 3.05) is 0 Å². The molecule has 0 bridgehead atoms. The van der Waals surface area contributed by atoms with Crippen molar-refractivity contribution >= 4 is 11.3 Å². The molecular weight excluding hydrogens is 206 g/mol. The Labute approximate surface area is 93.6 Å². The van der Waals surface area contributed by atoms with Crippen LogP contribution in [0.3, 0.4) is 0 Å². The predicted molar refractivity (Wildman–Crippen MR) is 62.9 cm³/mol. The van der Waals surface area contributed by atoms with Crippen molar-refractivity contribution in [3.8, 4) is 0 Å². The first-order valence-electron chi connectivity index (χ1n) is 4.89. The molecule has 3 nitrogen and oxygen atoms in total. The average molecular weight is 221 g/mol. The second kappa shape index (κ2) is 3.79. The van der Waals surface area contributed by atoms with E-state index in [1.807, 2.05) is 26.4 Å². The third-order valence-electron chi connectivity index (χ3n) is 2.28. The van der Waals surface area contributed by atoms with Gasteiger partial charge < -0.3 is 10.3 Å². The molecule has 2 heterocycles. The van der Waals surface area contributed by atoms with Crippen LogP contribution in [0.15, 0.2) is 30.0 Å². The van der Waals surface area contributed by atoms with Gasteiger partial charge in [0.15, 0.2) is 0 Å². The molecule has 80 valence electrons. The molecule has 0 aliphatic heterocycles. The topological polar surface area (TPSA) is 43.8 Å². The molecular formula is C11H15N3S. The zero-order valence-electron chi connectivity index (χ0n) is 8.97. The molecule has 0 spiro atoms. The zero-order chi connectivity index (χ0) is 10.9. The Kier molecular flexibility index (Phi) is 2.63. The van der Waals surface area contributed by atoms with E-state index in [0.717, 1.165) is 12.2 Å². The molecule has 2 N–H and O–H groups in total. The number of thiophene rings is 1. The van der Waals surface area contributed by atoms with Crippen LogP contribution in [0.2, 0.25) is 0 Å². The summed E-state index contributed by atoms with van der Waals surface area (Å²) in [6, 6.07) is 4.18. The van der Waals surface area contributed by atoms with E-state index < -0.39 is 0 Å². The molecule has 0 fully saturated rings. The van der Waals surface area contributed by atoms with E-state index in [0.29, 0.717) is 0 Å². The minimum absolute atomic E-state index is 0.340. The van der Waals surface area contributed by atoms with Gasteiger partial charge in [-0.2, -0.15) is 0 Å². The van der Waals surface area contributed by atoms with Crippen molar-refractivity contribution in [1.82, 2.24) is 9.55 Å². The van der Waals surface area contributed by atoms with Gasteiger partial charge in [0.1, 0.15) is 0 Å². The maximum atomic E-state index is 6.07. The highest BCUT2D eigenvalue weighted by molar-refractivity contribution is 7.09. The van der Waals surface area contributed by atoms with Crippen LogP contribution < -0.4 is 5.73 Å². The summed E-state index contributed by atoms with van der Waals surface area (Å²) in [5.74, 6) is 0. The maximum absolute atomic E-state index is 6.07. The van der Waals surface area contributed by atoms with Crippen LogP contribution in [-0.4, -0.2) is 9.55 Å². The summed E-state index contributed by atoms with van der Waals surface area (Å²) in [5.41, 5.74) is 6.80.